The van der Waals surface area contributed by atoms with Crippen molar-refractivity contribution in [2.24, 2.45) is 0 Å². The summed E-state index contributed by atoms with van der Waals surface area (Å²) in [7, 11) is 0. The van der Waals surface area contributed by atoms with Gasteiger partial charge in [0.2, 0.25) is 0 Å². The molecule has 1 rings (SSSR count). The third kappa shape index (κ3) is 2.45. The molecule has 0 heterocycles. The first-order valence-electron chi connectivity index (χ1n) is 4.18. The summed E-state index contributed by atoms with van der Waals surface area (Å²) in [5.41, 5.74) is 0. The molecule has 0 fully saturated rings. The van der Waals surface area contributed by atoms with E-state index in [4.69, 9.17) is 0 Å². The lowest BCUT2D eigenvalue weighted by Gasteiger charge is -2.08. The van der Waals surface area contributed by atoms with Crippen LogP contribution in [0.1, 0.15) is 20.3 Å². The molecule has 1 aromatic carbocycles. The molecule has 1 atom stereocenters. The summed E-state index contributed by atoms with van der Waals surface area (Å²) in [5, 5.41) is 10.0. The predicted octanol–water partition coefficient (Wildman–Crippen LogP) is 3.28. The molecule has 66 valence electrons. The van der Waals surface area contributed by atoms with Gasteiger partial charge in [-0.2, -0.15) is 0 Å². The van der Waals surface area contributed by atoms with Crippen LogP contribution in [-0.2, 0) is 0 Å². The number of thioether (sulfide) groups is 1. The van der Waals surface area contributed by atoms with Gasteiger partial charge in [0.1, 0.15) is 5.75 Å². The van der Waals surface area contributed by atoms with Gasteiger partial charge in [0.25, 0.3) is 0 Å². The quantitative estimate of drug-likeness (QED) is 0.724. The zero-order chi connectivity index (χ0) is 8.97. The van der Waals surface area contributed by atoms with Gasteiger partial charge in [-0.3, -0.25) is 0 Å². The summed E-state index contributed by atoms with van der Waals surface area (Å²) in [6, 6.07) is 7.47. The third-order valence-electron chi connectivity index (χ3n) is 1.77. The van der Waals surface area contributed by atoms with E-state index in [2.05, 4.69) is 13.8 Å². The van der Waals surface area contributed by atoms with E-state index in [0.29, 0.717) is 11.0 Å². The van der Waals surface area contributed by atoms with Crippen LogP contribution in [0.3, 0.4) is 0 Å². The second-order valence-electron chi connectivity index (χ2n) is 2.80. The molecule has 1 unspecified atom stereocenters. The molecule has 0 radical (unpaired) electrons. The number of rotatable bonds is 3. The van der Waals surface area contributed by atoms with E-state index >= 15 is 0 Å². The topological polar surface area (TPSA) is 20.2 Å². The molecule has 0 aliphatic rings. The molecule has 0 saturated carbocycles. The summed E-state index contributed by atoms with van der Waals surface area (Å²) < 4.78 is 0. The number of aromatic hydroxyl groups is 1. The zero-order valence-corrected chi connectivity index (χ0v) is 8.27. The number of hydrogen-bond acceptors (Lipinski definition) is 2. The Kier molecular flexibility index (Phi) is 3.48. The number of para-hydroxylation sites is 1. The molecule has 0 bridgehead atoms. The van der Waals surface area contributed by atoms with E-state index in [1.807, 2.05) is 18.2 Å². The van der Waals surface area contributed by atoms with Crippen LogP contribution in [0.4, 0.5) is 0 Å². The Morgan fingerprint density at radius 1 is 1.42 bits per heavy atom. The van der Waals surface area contributed by atoms with Crippen molar-refractivity contribution in [3.8, 4) is 5.75 Å². The molecule has 1 aromatic rings. The Bertz CT molecular complexity index is 247. The second kappa shape index (κ2) is 4.41. The highest BCUT2D eigenvalue weighted by Gasteiger charge is 2.04. The standard InChI is InChI=1S/C10H14OS/c1-3-8(2)12-10-7-5-4-6-9(10)11/h4-8,11H,3H2,1-2H3. The largest absolute Gasteiger partial charge is 0.507 e. The number of benzene rings is 1. The van der Waals surface area contributed by atoms with E-state index < -0.39 is 0 Å². The van der Waals surface area contributed by atoms with Crippen molar-refractivity contribution in [3.63, 3.8) is 0 Å². The fourth-order valence-corrected chi connectivity index (χ4v) is 1.80. The maximum Gasteiger partial charge on any atom is 0.129 e. The minimum absolute atomic E-state index is 0.391. The molecule has 1 N–H and O–H groups in total. The molecular formula is C10H14OS. The monoisotopic (exact) mass is 182 g/mol. The average molecular weight is 182 g/mol. The number of phenolic OH excluding ortho intramolecular Hbond substituents is 1. The van der Waals surface area contributed by atoms with Crippen LogP contribution in [0.15, 0.2) is 29.2 Å². The highest BCUT2D eigenvalue weighted by Crippen LogP contribution is 2.31. The van der Waals surface area contributed by atoms with Crippen molar-refractivity contribution in [2.75, 3.05) is 0 Å². The minimum atomic E-state index is 0.391. The van der Waals surface area contributed by atoms with Crippen LogP contribution in [0, 0.1) is 0 Å². The molecule has 1 nitrogen and oxygen atoms in total. The summed E-state index contributed by atoms with van der Waals surface area (Å²) >= 11 is 1.72. The van der Waals surface area contributed by atoms with Gasteiger partial charge in [0.15, 0.2) is 0 Å². The van der Waals surface area contributed by atoms with Crippen molar-refractivity contribution >= 4 is 11.8 Å². The lowest BCUT2D eigenvalue weighted by Crippen LogP contribution is -1.91. The lowest BCUT2D eigenvalue weighted by atomic mass is 10.3. The van der Waals surface area contributed by atoms with Crippen molar-refractivity contribution in [1.82, 2.24) is 0 Å². The predicted molar refractivity (Wildman–Crippen MR) is 53.7 cm³/mol. The van der Waals surface area contributed by atoms with Crippen LogP contribution in [0.5, 0.6) is 5.75 Å². The Morgan fingerprint density at radius 2 is 2.08 bits per heavy atom. The maximum absolute atomic E-state index is 9.43. The first-order valence-corrected chi connectivity index (χ1v) is 5.06. The minimum Gasteiger partial charge on any atom is -0.507 e. The van der Waals surface area contributed by atoms with E-state index in [1.165, 1.54) is 0 Å². The van der Waals surface area contributed by atoms with Gasteiger partial charge in [-0.15, -0.1) is 11.8 Å². The normalized spacial score (nSPS) is 12.8. The van der Waals surface area contributed by atoms with Crippen molar-refractivity contribution in [3.05, 3.63) is 24.3 Å². The SMILES string of the molecule is CCC(C)Sc1ccccc1O. The van der Waals surface area contributed by atoms with Crippen LogP contribution in [0.25, 0.3) is 0 Å². The molecule has 0 spiro atoms. The highest BCUT2D eigenvalue weighted by molar-refractivity contribution is 8.00. The zero-order valence-electron chi connectivity index (χ0n) is 7.45. The molecule has 0 aliphatic heterocycles. The molecule has 0 aliphatic carbocycles. The second-order valence-corrected chi connectivity index (χ2v) is 4.28. The van der Waals surface area contributed by atoms with Gasteiger partial charge in [0.05, 0.1) is 0 Å². The van der Waals surface area contributed by atoms with Gasteiger partial charge >= 0.3 is 0 Å². The Labute approximate surface area is 77.8 Å². The summed E-state index contributed by atoms with van der Waals surface area (Å²) in [4.78, 5) is 0.979. The van der Waals surface area contributed by atoms with Crippen LogP contribution < -0.4 is 0 Å². The van der Waals surface area contributed by atoms with Crippen molar-refractivity contribution in [2.45, 2.75) is 30.4 Å². The lowest BCUT2D eigenvalue weighted by molar-refractivity contribution is 0.462. The summed E-state index contributed by atoms with van der Waals surface area (Å²) in [6.45, 7) is 4.31. The molecule has 0 saturated heterocycles. The van der Waals surface area contributed by atoms with Crippen LogP contribution in [0.2, 0.25) is 0 Å². The Morgan fingerprint density at radius 3 is 2.67 bits per heavy atom. The Hall–Kier alpha value is -0.630. The fraction of sp³-hybridized carbons (Fsp3) is 0.400. The van der Waals surface area contributed by atoms with Gasteiger partial charge < -0.3 is 5.11 Å². The highest BCUT2D eigenvalue weighted by atomic mass is 32.2. The molecule has 0 aromatic heterocycles. The van der Waals surface area contributed by atoms with Crippen molar-refractivity contribution in [1.29, 1.82) is 0 Å². The number of hydrogen-bond donors (Lipinski definition) is 1. The average Bonchev–Trinajstić information content (AvgIpc) is 2.09. The summed E-state index contributed by atoms with van der Waals surface area (Å²) in [5.74, 6) is 0.391. The van der Waals surface area contributed by atoms with Gasteiger partial charge in [0, 0.05) is 10.1 Å². The van der Waals surface area contributed by atoms with Gasteiger partial charge in [-0.05, 0) is 18.6 Å². The fourth-order valence-electron chi connectivity index (χ4n) is 0.857. The van der Waals surface area contributed by atoms with Gasteiger partial charge in [-0.1, -0.05) is 26.0 Å². The first kappa shape index (κ1) is 9.46. The van der Waals surface area contributed by atoms with E-state index in [-0.39, 0.29) is 0 Å². The van der Waals surface area contributed by atoms with Crippen LogP contribution in [-0.4, -0.2) is 10.4 Å². The molecule has 0 amide bonds. The van der Waals surface area contributed by atoms with E-state index in [1.54, 1.807) is 17.8 Å². The third-order valence-corrected chi connectivity index (χ3v) is 3.10. The molecule has 12 heavy (non-hydrogen) atoms. The maximum atomic E-state index is 9.43. The number of phenols is 1. The van der Waals surface area contributed by atoms with E-state index in [9.17, 15) is 5.11 Å². The molecular weight excluding hydrogens is 168 g/mol. The Balaban J connectivity index is 2.69. The molecule has 2 heteroatoms. The van der Waals surface area contributed by atoms with Crippen LogP contribution >= 0.6 is 11.8 Å². The summed E-state index contributed by atoms with van der Waals surface area (Å²) in [6.07, 6.45) is 1.12. The van der Waals surface area contributed by atoms with Gasteiger partial charge in [-0.25, -0.2) is 0 Å². The van der Waals surface area contributed by atoms with E-state index in [0.717, 1.165) is 11.3 Å². The first-order chi connectivity index (χ1) is 5.74. The smallest absolute Gasteiger partial charge is 0.129 e. The van der Waals surface area contributed by atoms with Crippen molar-refractivity contribution < 1.29 is 5.11 Å².